The highest BCUT2D eigenvalue weighted by Gasteiger charge is 2.22. The first-order chi connectivity index (χ1) is 14.8. The largest absolute Gasteiger partial charge is 0.445 e. The second kappa shape index (κ2) is 11.8. The van der Waals surface area contributed by atoms with Crippen LogP contribution in [0.25, 0.3) is 0 Å². The second-order valence-electron chi connectivity index (χ2n) is 6.49. The molecule has 2 aromatic carbocycles. The van der Waals surface area contributed by atoms with Crippen molar-refractivity contribution in [1.82, 2.24) is 10.6 Å². The number of ether oxygens (including phenoxy) is 1. The minimum atomic E-state index is -0.965. The molecule has 0 radical (unpaired) electrons. The van der Waals surface area contributed by atoms with Gasteiger partial charge in [0.05, 0.1) is 4.92 Å². The molecule has 0 aliphatic rings. The summed E-state index contributed by atoms with van der Waals surface area (Å²) in [5, 5.41) is 18.2. The van der Waals surface area contributed by atoms with Gasteiger partial charge in [0.25, 0.3) is 5.69 Å². The van der Waals surface area contributed by atoms with Crippen molar-refractivity contribution in [3.8, 4) is 0 Å². The molecule has 0 spiro atoms. The topological polar surface area (TPSA) is 166 Å². The van der Waals surface area contributed by atoms with Crippen molar-refractivity contribution >= 4 is 29.4 Å². The van der Waals surface area contributed by atoms with Crippen molar-refractivity contribution in [2.45, 2.75) is 25.5 Å². The molecule has 4 amide bonds. The lowest BCUT2D eigenvalue weighted by atomic mass is 10.1. The lowest BCUT2D eigenvalue weighted by Gasteiger charge is -2.18. The van der Waals surface area contributed by atoms with Gasteiger partial charge in [-0.15, -0.1) is 0 Å². The van der Waals surface area contributed by atoms with Crippen LogP contribution in [0.3, 0.4) is 0 Å². The number of hydrogen-bond acceptors (Lipinski definition) is 6. The van der Waals surface area contributed by atoms with Crippen molar-refractivity contribution in [2.24, 2.45) is 5.73 Å². The molecular formula is C20H23N5O6. The molecule has 1 atom stereocenters. The number of nitrogens with zero attached hydrogens (tertiary/aromatic N) is 1. The Balaban J connectivity index is 1.96. The van der Waals surface area contributed by atoms with Gasteiger partial charge in [0.15, 0.2) is 0 Å². The zero-order valence-electron chi connectivity index (χ0n) is 16.6. The molecule has 164 valence electrons. The van der Waals surface area contributed by atoms with E-state index in [0.29, 0.717) is 12.1 Å². The van der Waals surface area contributed by atoms with Crippen LogP contribution in [-0.4, -0.2) is 35.5 Å². The van der Waals surface area contributed by atoms with Crippen LogP contribution in [0.15, 0.2) is 54.6 Å². The average molecular weight is 429 g/mol. The van der Waals surface area contributed by atoms with Gasteiger partial charge in [0.1, 0.15) is 12.6 Å². The van der Waals surface area contributed by atoms with Crippen LogP contribution in [0.5, 0.6) is 0 Å². The summed E-state index contributed by atoms with van der Waals surface area (Å²) in [5.41, 5.74) is 6.01. The van der Waals surface area contributed by atoms with Gasteiger partial charge in [-0.05, 0) is 30.5 Å². The van der Waals surface area contributed by atoms with E-state index < -0.39 is 29.0 Å². The molecule has 0 fully saturated rings. The summed E-state index contributed by atoms with van der Waals surface area (Å²) in [7, 11) is 0. The van der Waals surface area contributed by atoms with Crippen LogP contribution in [0.2, 0.25) is 0 Å². The second-order valence-corrected chi connectivity index (χ2v) is 6.49. The molecule has 0 aliphatic carbocycles. The number of hydrogen-bond donors (Lipinski definition) is 4. The molecular weight excluding hydrogens is 406 g/mol. The number of alkyl carbamates (subject to hydrolysis) is 1. The van der Waals surface area contributed by atoms with Gasteiger partial charge in [-0.2, -0.15) is 0 Å². The highest BCUT2D eigenvalue weighted by atomic mass is 16.6. The van der Waals surface area contributed by atoms with Crippen molar-refractivity contribution in [1.29, 1.82) is 0 Å². The first kappa shape index (κ1) is 23.1. The Morgan fingerprint density at radius 1 is 1.06 bits per heavy atom. The molecule has 1 unspecified atom stereocenters. The Morgan fingerprint density at radius 2 is 1.74 bits per heavy atom. The van der Waals surface area contributed by atoms with E-state index in [9.17, 15) is 24.5 Å². The Kier molecular flexibility index (Phi) is 8.77. The average Bonchev–Trinajstić information content (AvgIpc) is 2.75. The van der Waals surface area contributed by atoms with Crippen LogP contribution in [0.4, 0.5) is 21.0 Å². The zero-order chi connectivity index (χ0) is 22.6. The van der Waals surface area contributed by atoms with Gasteiger partial charge in [-0.25, -0.2) is 9.59 Å². The molecule has 0 bridgehead atoms. The fourth-order valence-corrected chi connectivity index (χ4v) is 2.59. The van der Waals surface area contributed by atoms with Gasteiger partial charge in [-0.3, -0.25) is 14.9 Å². The summed E-state index contributed by atoms with van der Waals surface area (Å²) in [6.07, 6.45) is -0.227. The number of carbonyl (C=O) groups is 3. The van der Waals surface area contributed by atoms with E-state index in [0.717, 1.165) is 5.56 Å². The fourth-order valence-electron chi connectivity index (χ4n) is 2.59. The first-order valence-corrected chi connectivity index (χ1v) is 9.41. The number of non-ortho nitro benzene ring substituents is 1. The normalized spacial score (nSPS) is 11.1. The molecule has 0 saturated carbocycles. The predicted molar refractivity (Wildman–Crippen MR) is 112 cm³/mol. The highest BCUT2D eigenvalue weighted by molar-refractivity contribution is 5.96. The number of nitrogens with two attached hydrogens (primary N) is 1. The third kappa shape index (κ3) is 8.40. The lowest BCUT2D eigenvalue weighted by Crippen LogP contribution is -2.44. The zero-order valence-corrected chi connectivity index (χ0v) is 16.6. The minimum Gasteiger partial charge on any atom is -0.445 e. The molecule has 2 aromatic rings. The molecule has 0 heterocycles. The Morgan fingerprint density at radius 3 is 2.35 bits per heavy atom. The molecule has 2 rings (SSSR count). The van der Waals surface area contributed by atoms with Gasteiger partial charge < -0.3 is 26.4 Å². The quantitative estimate of drug-likeness (QED) is 0.257. The summed E-state index contributed by atoms with van der Waals surface area (Å²) in [6.45, 7) is 0.254. The maximum Gasteiger partial charge on any atom is 0.408 e. The summed E-state index contributed by atoms with van der Waals surface area (Å²) in [6, 6.07) is 12.7. The predicted octanol–water partition coefficient (Wildman–Crippen LogP) is 2.28. The third-order valence-corrected chi connectivity index (χ3v) is 4.14. The van der Waals surface area contributed by atoms with Gasteiger partial charge in [0.2, 0.25) is 5.91 Å². The number of rotatable bonds is 10. The van der Waals surface area contributed by atoms with E-state index in [1.807, 2.05) is 18.2 Å². The molecule has 0 aliphatic heterocycles. The summed E-state index contributed by atoms with van der Waals surface area (Å²) in [4.78, 5) is 45.8. The number of nitro benzene ring substituents is 1. The summed E-state index contributed by atoms with van der Waals surface area (Å²) in [5.74, 6) is -0.537. The number of urea groups is 1. The van der Waals surface area contributed by atoms with Gasteiger partial charge in [0, 0.05) is 24.4 Å². The number of nitrogens with one attached hydrogen (secondary N) is 3. The smallest absolute Gasteiger partial charge is 0.408 e. The Labute approximate surface area is 178 Å². The SMILES string of the molecule is NC(=O)NCCCC(NC(=O)OCc1ccccc1)C(=O)Nc1ccc([N+](=O)[O-])cc1. The number of anilines is 1. The summed E-state index contributed by atoms with van der Waals surface area (Å²) < 4.78 is 5.15. The van der Waals surface area contributed by atoms with E-state index in [1.54, 1.807) is 12.1 Å². The monoisotopic (exact) mass is 429 g/mol. The van der Waals surface area contributed by atoms with Crippen LogP contribution < -0.4 is 21.7 Å². The van der Waals surface area contributed by atoms with Crippen molar-refractivity contribution in [3.63, 3.8) is 0 Å². The van der Waals surface area contributed by atoms with Crippen LogP contribution in [0, 0.1) is 10.1 Å². The Bertz CT molecular complexity index is 904. The number of benzene rings is 2. The molecule has 11 nitrogen and oxygen atoms in total. The fraction of sp³-hybridized carbons (Fsp3) is 0.250. The standard InChI is InChI=1S/C20H23N5O6/c21-19(27)22-12-4-7-17(24-20(28)31-13-14-5-2-1-3-6-14)18(26)23-15-8-10-16(11-9-15)25(29)30/h1-3,5-6,8-11,17H,4,7,12-13H2,(H,23,26)(H,24,28)(H3,21,22,27). The number of nitro groups is 1. The van der Waals surface area contributed by atoms with E-state index in [-0.39, 0.29) is 25.3 Å². The van der Waals surface area contributed by atoms with Crippen molar-refractivity contribution < 1.29 is 24.0 Å². The number of primary amides is 1. The van der Waals surface area contributed by atoms with Crippen LogP contribution >= 0.6 is 0 Å². The van der Waals surface area contributed by atoms with E-state index in [4.69, 9.17) is 10.5 Å². The van der Waals surface area contributed by atoms with Crippen molar-refractivity contribution in [3.05, 3.63) is 70.3 Å². The van der Waals surface area contributed by atoms with Gasteiger partial charge in [-0.1, -0.05) is 30.3 Å². The van der Waals surface area contributed by atoms with Gasteiger partial charge >= 0.3 is 12.1 Å². The maximum atomic E-state index is 12.6. The Hall–Kier alpha value is -4.15. The van der Waals surface area contributed by atoms with Crippen molar-refractivity contribution in [2.75, 3.05) is 11.9 Å². The minimum absolute atomic E-state index is 0.0343. The lowest BCUT2D eigenvalue weighted by molar-refractivity contribution is -0.384. The summed E-state index contributed by atoms with van der Waals surface area (Å²) >= 11 is 0. The first-order valence-electron chi connectivity index (χ1n) is 9.41. The highest BCUT2D eigenvalue weighted by Crippen LogP contribution is 2.16. The number of amides is 4. The van der Waals surface area contributed by atoms with E-state index in [2.05, 4.69) is 16.0 Å². The molecule has 5 N–H and O–H groups in total. The van der Waals surface area contributed by atoms with E-state index >= 15 is 0 Å². The molecule has 0 aromatic heterocycles. The van der Waals surface area contributed by atoms with Crippen LogP contribution in [0.1, 0.15) is 18.4 Å². The van der Waals surface area contributed by atoms with E-state index in [1.165, 1.54) is 24.3 Å². The van der Waals surface area contributed by atoms with Crippen LogP contribution in [-0.2, 0) is 16.1 Å². The molecule has 11 heteroatoms. The number of carbonyl (C=O) groups excluding carboxylic acids is 3. The third-order valence-electron chi connectivity index (χ3n) is 4.14. The maximum absolute atomic E-state index is 12.6. The molecule has 0 saturated heterocycles. The molecule has 31 heavy (non-hydrogen) atoms.